The van der Waals surface area contributed by atoms with Gasteiger partial charge in [0.2, 0.25) is 5.91 Å². The van der Waals surface area contributed by atoms with Gasteiger partial charge in [-0.3, -0.25) is 9.69 Å². The molecule has 96 valence electrons. The highest BCUT2D eigenvalue weighted by molar-refractivity contribution is 5.78. The van der Waals surface area contributed by atoms with Gasteiger partial charge in [-0.05, 0) is 25.4 Å². The van der Waals surface area contributed by atoms with Gasteiger partial charge in [-0.1, -0.05) is 12.2 Å². The van der Waals surface area contributed by atoms with E-state index >= 15 is 0 Å². The lowest BCUT2D eigenvalue weighted by atomic mass is 10.1. The Hall–Kier alpha value is -1.13. The largest absolute Gasteiger partial charge is 0.334 e. The molecule has 0 spiro atoms. The molecule has 1 unspecified atom stereocenters. The van der Waals surface area contributed by atoms with Gasteiger partial charge in [0.25, 0.3) is 0 Å². The first kappa shape index (κ1) is 13.9. The van der Waals surface area contributed by atoms with Gasteiger partial charge in [0, 0.05) is 19.6 Å². The Morgan fingerprint density at radius 1 is 1.41 bits per heavy atom. The Bertz CT molecular complexity index is 268. The minimum atomic E-state index is 0.141. The summed E-state index contributed by atoms with van der Waals surface area (Å²) in [5, 5.41) is 0. The molecule has 1 heterocycles. The van der Waals surface area contributed by atoms with Crippen LogP contribution in [0.5, 0.6) is 0 Å². The zero-order chi connectivity index (χ0) is 12.7. The molecule has 1 fully saturated rings. The van der Waals surface area contributed by atoms with Gasteiger partial charge in [0.15, 0.2) is 0 Å². The highest BCUT2D eigenvalue weighted by Gasteiger charge is 2.24. The van der Waals surface area contributed by atoms with Crippen molar-refractivity contribution in [1.29, 1.82) is 0 Å². The van der Waals surface area contributed by atoms with Crippen LogP contribution in [0.25, 0.3) is 0 Å². The number of nitrogens with two attached hydrogens (primary N) is 1. The van der Waals surface area contributed by atoms with Crippen molar-refractivity contribution >= 4 is 5.91 Å². The molecule has 1 rings (SSSR count). The van der Waals surface area contributed by atoms with Crippen LogP contribution in [0, 0.1) is 5.92 Å². The Kier molecular flexibility index (Phi) is 5.94. The van der Waals surface area contributed by atoms with Gasteiger partial charge in [-0.2, -0.15) is 0 Å². The van der Waals surface area contributed by atoms with E-state index in [4.69, 9.17) is 5.73 Å². The average molecular weight is 237 g/mol. The van der Waals surface area contributed by atoms with Crippen LogP contribution in [0.1, 0.15) is 6.42 Å². The molecule has 17 heavy (non-hydrogen) atoms. The molecule has 2 N–H and O–H groups in total. The van der Waals surface area contributed by atoms with Crippen LogP contribution >= 0.6 is 0 Å². The first-order valence-electron chi connectivity index (χ1n) is 6.13. The van der Waals surface area contributed by atoms with Crippen molar-refractivity contribution in [3.8, 4) is 0 Å². The Labute approximate surface area is 104 Å². The van der Waals surface area contributed by atoms with Gasteiger partial charge in [0.1, 0.15) is 0 Å². The SMILES string of the molecule is C=CCN(CC=C)C(=O)CN1CCC(CN)C1. The van der Waals surface area contributed by atoms with E-state index in [2.05, 4.69) is 18.1 Å². The number of amides is 1. The van der Waals surface area contributed by atoms with Crippen molar-refractivity contribution in [3.63, 3.8) is 0 Å². The maximum atomic E-state index is 12.0. The first-order valence-corrected chi connectivity index (χ1v) is 6.13. The summed E-state index contributed by atoms with van der Waals surface area (Å²) in [6.07, 6.45) is 4.59. The fraction of sp³-hybridized carbons (Fsp3) is 0.615. The van der Waals surface area contributed by atoms with Crippen LogP contribution in [0.2, 0.25) is 0 Å². The van der Waals surface area contributed by atoms with Gasteiger partial charge >= 0.3 is 0 Å². The maximum Gasteiger partial charge on any atom is 0.237 e. The van der Waals surface area contributed by atoms with E-state index in [1.165, 1.54) is 0 Å². The van der Waals surface area contributed by atoms with E-state index in [0.29, 0.717) is 32.1 Å². The molecular weight excluding hydrogens is 214 g/mol. The van der Waals surface area contributed by atoms with Crippen molar-refractivity contribution in [3.05, 3.63) is 25.3 Å². The minimum absolute atomic E-state index is 0.141. The molecule has 1 aliphatic rings. The third-order valence-electron chi connectivity index (χ3n) is 3.11. The Morgan fingerprint density at radius 3 is 2.53 bits per heavy atom. The molecule has 4 nitrogen and oxygen atoms in total. The second-order valence-corrected chi connectivity index (χ2v) is 4.50. The topological polar surface area (TPSA) is 49.6 Å². The number of likely N-dealkylation sites (tertiary alicyclic amines) is 1. The molecule has 0 bridgehead atoms. The van der Waals surface area contributed by atoms with E-state index < -0.39 is 0 Å². The summed E-state index contributed by atoms with van der Waals surface area (Å²) in [6.45, 7) is 11.6. The third kappa shape index (κ3) is 4.32. The number of rotatable bonds is 7. The monoisotopic (exact) mass is 237 g/mol. The Balaban J connectivity index is 2.41. The predicted molar refractivity (Wildman–Crippen MR) is 70.6 cm³/mol. The lowest BCUT2D eigenvalue weighted by molar-refractivity contribution is -0.131. The zero-order valence-corrected chi connectivity index (χ0v) is 10.5. The highest BCUT2D eigenvalue weighted by atomic mass is 16.2. The van der Waals surface area contributed by atoms with Gasteiger partial charge in [-0.15, -0.1) is 13.2 Å². The molecule has 1 saturated heterocycles. The van der Waals surface area contributed by atoms with Crippen LogP contribution in [0.4, 0.5) is 0 Å². The first-order chi connectivity index (χ1) is 8.21. The van der Waals surface area contributed by atoms with Crippen molar-refractivity contribution in [2.24, 2.45) is 11.7 Å². The molecule has 0 aliphatic carbocycles. The molecule has 0 saturated carbocycles. The van der Waals surface area contributed by atoms with Crippen molar-refractivity contribution in [1.82, 2.24) is 9.80 Å². The highest BCUT2D eigenvalue weighted by Crippen LogP contribution is 2.14. The van der Waals surface area contributed by atoms with E-state index in [-0.39, 0.29) is 5.91 Å². The molecule has 1 amide bonds. The summed E-state index contributed by atoms with van der Waals surface area (Å²) < 4.78 is 0. The van der Waals surface area contributed by atoms with Crippen LogP contribution in [-0.4, -0.2) is 55.0 Å². The van der Waals surface area contributed by atoms with Crippen molar-refractivity contribution in [2.45, 2.75) is 6.42 Å². The molecule has 0 radical (unpaired) electrons. The molecule has 1 aliphatic heterocycles. The normalized spacial score (nSPS) is 20.2. The van der Waals surface area contributed by atoms with E-state index in [1.807, 2.05) is 0 Å². The average Bonchev–Trinajstić information content (AvgIpc) is 2.76. The number of hydrogen-bond acceptors (Lipinski definition) is 3. The van der Waals surface area contributed by atoms with Crippen LogP contribution in [0.3, 0.4) is 0 Å². The standard InChI is InChI=1S/C13H23N3O/c1-3-6-16(7-4-2)13(17)11-15-8-5-12(9-14)10-15/h3-4,12H,1-2,5-11,14H2. The number of carbonyl (C=O) groups is 1. The van der Waals surface area contributed by atoms with E-state index in [1.54, 1.807) is 17.1 Å². The quantitative estimate of drug-likeness (QED) is 0.655. The number of nitrogens with zero attached hydrogens (tertiary/aromatic N) is 2. The molecule has 0 aromatic carbocycles. The lowest BCUT2D eigenvalue weighted by Crippen LogP contribution is -2.40. The fourth-order valence-electron chi connectivity index (χ4n) is 2.13. The smallest absolute Gasteiger partial charge is 0.237 e. The predicted octanol–water partition coefficient (Wildman–Crippen LogP) is 0.468. The molecule has 4 heteroatoms. The summed E-state index contributed by atoms with van der Waals surface area (Å²) in [6, 6.07) is 0. The second kappa shape index (κ2) is 7.25. The third-order valence-corrected chi connectivity index (χ3v) is 3.11. The van der Waals surface area contributed by atoms with Crippen LogP contribution < -0.4 is 5.73 Å². The summed E-state index contributed by atoms with van der Waals surface area (Å²) >= 11 is 0. The van der Waals surface area contributed by atoms with E-state index in [9.17, 15) is 4.79 Å². The van der Waals surface area contributed by atoms with Crippen molar-refractivity contribution in [2.75, 3.05) is 39.3 Å². The molecular formula is C13H23N3O. The molecule has 1 atom stereocenters. The number of carbonyl (C=O) groups excluding carboxylic acids is 1. The van der Waals surface area contributed by atoms with Gasteiger partial charge in [-0.25, -0.2) is 0 Å². The zero-order valence-electron chi connectivity index (χ0n) is 10.5. The molecule has 0 aromatic heterocycles. The van der Waals surface area contributed by atoms with Crippen LogP contribution in [-0.2, 0) is 4.79 Å². The summed E-state index contributed by atoms with van der Waals surface area (Å²) in [7, 11) is 0. The van der Waals surface area contributed by atoms with Gasteiger partial charge in [0.05, 0.1) is 6.54 Å². The maximum absolute atomic E-state index is 12.0. The number of hydrogen-bond donors (Lipinski definition) is 1. The van der Waals surface area contributed by atoms with Crippen LogP contribution in [0.15, 0.2) is 25.3 Å². The van der Waals surface area contributed by atoms with Gasteiger partial charge < -0.3 is 10.6 Å². The van der Waals surface area contributed by atoms with E-state index in [0.717, 1.165) is 19.5 Å². The second-order valence-electron chi connectivity index (χ2n) is 4.50. The summed E-state index contributed by atoms with van der Waals surface area (Å²) in [5.41, 5.74) is 5.63. The van der Waals surface area contributed by atoms with Crippen molar-refractivity contribution < 1.29 is 4.79 Å². The minimum Gasteiger partial charge on any atom is -0.334 e. The Morgan fingerprint density at radius 2 is 2.06 bits per heavy atom. The summed E-state index contributed by atoms with van der Waals surface area (Å²) in [4.78, 5) is 16.0. The lowest BCUT2D eigenvalue weighted by Gasteiger charge is -2.23. The summed E-state index contributed by atoms with van der Waals surface area (Å²) in [5.74, 6) is 0.692. The molecule has 0 aromatic rings. The fourth-order valence-corrected chi connectivity index (χ4v) is 2.13.